The summed E-state index contributed by atoms with van der Waals surface area (Å²) in [4.78, 5) is 18.4. The molecule has 5 rings (SSSR count). The molecular formula is C28H25FN4O. The monoisotopic (exact) mass is 452 g/mol. The van der Waals surface area contributed by atoms with Crippen LogP contribution < -0.4 is 5.73 Å². The van der Waals surface area contributed by atoms with E-state index in [0.717, 1.165) is 46.0 Å². The number of carbonyl (C=O) groups is 1. The Kier molecular flexibility index (Phi) is 5.64. The van der Waals surface area contributed by atoms with Crippen LogP contribution in [0.3, 0.4) is 0 Å². The van der Waals surface area contributed by atoms with E-state index in [0.29, 0.717) is 29.8 Å². The molecular weight excluding hydrogens is 427 g/mol. The molecule has 6 heteroatoms. The maximum absolute atomic E-state index is 15.0. The van der Waals surface area contributed by atoms with E-state index in [1.54, 1.807) is 24.4 Å². The number of likely N-dealkylation sites (tertiary alicyclic amines) is 1. The third-order valence-corrected chi connectivity index (χ3v) is 6.62. The van der Waals surface area contributed by atoms with Gasteiger partial charge in [-0.15, -0.1) is 0 Å². The number of aromatic nitrogens is 1. The lowest BCUT2D eigenvalue weighted by atomic mass is 9.91. The summed E-state index contributed by atoms with van der Waals surface area (Å²) in [5.41, 5.74) is 11.6. The predicted molar refractivity (Wildman–Crippen MR) is 132 cm³/mol. The molecule has 1 amide bonds. The van der Waals surface area contributed by atoms with Crippen molar-refractivity contribution in [3.05, 3.63) is 83.3 Å². The average Bonchev–Trinajstić information content (AvgIpc) is 3.26. The van der Waals surface area contributed by atoms with Gasteiger partial charge in [0.05, 0.1) is 17.2 Å². The van der Waals surface area contributed by atoms with Gasteiger partial charge in [-0.1, -0.05) is 24.3 Å². The molecule has 3 aromatic carbocycles. The fourth-order valence-corrected chi connectivity index (χ4v) is 4.64. The molecule has 1 fully saturated rings. The highest BCUT2D eigenvalue weighted by Crippen LogP contribution is 2.38. The van der Waals surface area contributed by atoms with E-state index < -0.39 is 0 Å². The molecule has 2 heterocycles. The second-order valence-electron chi connectivity index (χ2n) is 8.95. The van der Waals surface area contributed by atoms with Crippen molar-refractivity contribution >= 4 is 16.8 Å². The zero-order chi connectivity index (χ0) is 23.8. The number of piperidine rings is 1. The summed E-state index contributed by atoms with van der Waals surface area (Å²) in [6.07, 6.45) is 3.32. The molecule has 0 bridgehead atoms. The Morgan fingerprint density at radius 1 is 1.06 bits per heavy atom. The van der Waals surface area contributed by atoms with Gasteiger partial charge >= 0.3 is 0 Å². The van der Waals surface area contributed by atoms with Gasteiger partial charge in [0.15, 0.2) is 0 Å². The van der Waals surface area contributed by atoms with Crippen molar-refractivity contribution in [2.75, 3.05) is 13.1 Å². The highest BCUT2D eigenvalue weighted by atomic mass is 19.1. The van der Waals surface area contributed by atoms with Gasteiger partial charge in [-0.25, -0.2) is 4.39 Å². The summed E-state index contributed by atoms with van der Waals surface area (Å²) < 4.78 is 15.0. The lowest BCUT2D eigenvalue weighted by Crippen LogP contribution is -2.42. The van der Waals surface area contributed by atoms with Crippen LogP contribution in [0.15, 0.2) is 60.8 Å². The molecule has 1 saturated heterocycles. The number of aryl methyl sites for hydroxylation is 1. The fourth-order valence-electron chi connectivity index (χ4n) is 4.64. The number of rotatable bonds is 3. The van der Waals surface area contributed by atoms with Crippen molar-refractivity contribution < 1.29 is 9.18 Å². The van der Waals surface area contributed by atoms with E-state index in [1.165, 1.54) is 6.07 Å². The minimum absolute atomic E-state index is 0.0294. The minimum atomic E-state index is -0.304. The van der Waals surface area contributed by atoms with Crippen molar-refractivity contribution in [3.8, 4) is 28.3 Å². The van der Waals surface area contributed by atoms with Crippen LogP contribution in [0.5, 0.6) is 0 Å². The van der Waals surface area contributed by atoms with Crippen LogP contribution in [0.25, 0.3) is 33.2 Å². The van der Waals surface area contributed by atoms with Gasteiger partial charge in [-0.05, 0) is 72.4 Å². The molecule has 0 atom stereocenters. The van der Waals surface area contributed by atoms with Crippen molar-refractivity contribution in [2.24, 2.45) is 5.73 Å². The summed E-state index contributed by atoms with van der Waals surface area (Å²) in [5.74, 6) is -0.333. The van der Waals surface area contributed by atoms with Crippen LogP contribution in [0, 0.1) is 24.1 Å². The molecule has 1 aliphatic rings. The number of H-pyrrole nitrogens is 1. The van der Waals surface area contributed by atoms with Crippen molar-refractivity contribution in [1.29, 1.82) is 5.26 Å². The SMILES string of the molecule is Cc1ccc(-c2cc3[nH]cc(C(=O)N4CCC(N)CC4)c3cc2-c2ccc(C#N)cc2)c(F)c1. The van der Waals surface area contributed by atoms with Crippen molar-refractivity contribution in [1.82, 2.24) is 9.88 Å². The number of nitrogens with two attached hydrogens (primary N) is 1. The number of nitrogens with zero attached hydrogens (tertiary/aromatic N) is 2. The molecule has 3 N–H and O–H groups in total. The van der Waals surface area contributed by atoms with E-state index in [9.17, 15) is 10.1 Å². The molecule has 0 radical (unpaired) electrons. The lowest BCUT2D eigenvalue weighted by Gasteiger charge is -2.30. The number of hydrogen-bond donors (Lipinski definition) is 2. The summed E-state index contributed by atoms with van der Waals surface area (Å²) in [6.45, 7) is 3.14. The van der Waals surface area contributed by atoms with Crippen molar-refractivity contribution in [3.63, 3.8) is 0 Å². The van der Waals surface area contributed by atoms with Gasteiger partial charge in [0.2, 0.25) is 0 Å². The second-order valence-corrected chi connectivity index (χ2v) is 8.95. The Morgan fingerprint density at radius 3 is 2.47 bits per heavy atom. The van der Waals surface area contributed by atoms with Gasteiger partial charge in [0.25, 0.3) is 5.91 Å². The first-order valence-corrected chi connectivity index (χ1v) is 11.4. The molecule has 1 aromatic heterocycles. The van der Waals surface area contributed by atoms with Crippen LogP contribution >= 0.6 is 0 Å². The fraction of sp³-hybridized carbons (Fsp3) is 0.214. The van der Waals surface area contributed by atoms with E-state index in [1.807, 2.05) is 42.2 Å². The highest BCUT2D eigenvalue weighted by molar-refractivity contribution is 6.09. The molecule has 5 nitrogen and oxygen atoms in total. The first-order valence-electron chi connectivity index (χ1n) is 11.4. The average molecular weight is 453 g/mol. The minimum Gasteiger partial charge on any atom is -0.360 e. The Morgan fingerprint density at radius 2 is 1.79 bits per heavy atom. The van der Waals surface area contributed by atoms with Gasteiger partial charge in [-0.3, -0.25) is 4.79 Å². The number of aromatic amines is 1. The van der Waals surface area contributed by atoms with Crippen LogP contribution in [-0.2, 0) is 0 Å². The summed E-state index contributed by atoms with van der Waals surface area (Å²) in [7, 11) is 0. The molecule has 4 aromatic rings. The number of nitrogens with one attached hydrogen (secondary N) is 1. The largest absolute Gasteiger partial charge is 0.360 e. The van der Waals surface area contributed by atoms with Gasteiger partial charge in [0.1, 0.15) is 5.82 Å². The normalized spacial score (nSPS) is 14.4. The third-order valence-electron chi connectivity index (χ3n) is 6.62. The first-order chi connectivity index (χ1) is 16.4. The van der Waals surface area contributed by atoms with Gasteiger partial charge < -0.3 is 15.6 Å². The maximum Gasteiger partial charge on any atom is 0.256 e. The number of benzene rings is 3. The second kappa shape index (κ2) is 8.77. The van der Waals surface area contributed by atoms with E-state index in [2.05, 4.69) is 11.1 Å². The van der Waals surface area contributed by atoms with E-state index in [4.69, 9.17) is 5.73 Å². The number of amides is 1. The first kappa shape index (κ1) is 21.9. The van der Waals surface area contributed by atoms with Crippen LogP contribution in [-0.4, -0.2) is 34.9 Å². The van der Waals surface area contributed by atoms with E-state index in [-0.39, 0.29) is 17.8 Å². The number of carbonyl (C=O) groups excluding carboxylic acids is 1. The molecule has 0 unspecified atom stereocenters. The standard InChI is InChI=1S/C28H25FN4O/c1-17-2-7-21(26(29)12-17)23-14-27-24(13-22(23)19-5-3-18(15-30)4-6-19)25(16-32-27)28(34)33-10-8-20(31)9-11-33/h2-7,12-14,16,20,32H,8-11,31H2,1H3. The van der Waals surface area contributed by atoms with Crippen LogP contribution in [0.1, 0.15) is 34.3 Å². The lowest BCUT2D eigenvalue weighted by molar-refractivity contribution is 0.0717. The molecule has 0 aliphatic carbocycles. The zero-order valence-corrected chi connectivity index (χ0v) is 18.9. The van der Waals surface area contributed by atoms with Gasteiger partial charge in [0, 0.05) is 41.8 Å². The van der Waals surface area contributed by atoms with Gasteiger partial charge in [-0.2, -0.15) is 5.26 Å². The number of hydrogen-bond acceptors (Lipinski definition) is 3. The molecule has 0 saturated carbocycles. The molecule has 0 spiro atoms. The van der Waals surface area contributed by atoms with Crippen molar-refractivity contribution in [2.45, 2.75) is 25.8 Å². The maximum atomic E-state index is 15.0. The zero-order valence-electron chi connectivity index (χ0n) is 18.9. The summed E-state index contributed by atoms with van der Waals surface area (Å²) >= 11 is 0. The molecule has 1 aliphatic heterocycles. The number of halogens is 1. The summed E-state index contributed by atoms with van der Waals surface area (Å²) in [6, 6.07) is 18.5. The predicted octanol–water partition coefficient (Wildman–Crippen LogP) is 5.38. The topological polar surface area (TPSA) is 85.9 Å². The van der Waals surface area contributed by atoms with E-state index >= 15 is 4.39 Å². The number of fused-ring (bicyclic) bond motifs is 1. The Hall–Kier alpha value is -3.95. The number of nitriles is 1. The Labute approximate surface area is 197 Å². The van der Waals surface area contributed by atoms with Crippen LogP contribution in [0.2, 0.25) is 0 Å². The molecule has 170 valence electrons. The molecule has 34 heavy (non-hydrogen) atoms. The Bertz CT molecular complexity index is 1420. The smallest absolute Gasteiger partial charge is 0.256 e. The highest BCUT2D eigenvalue weighted by Gasteiger charge is 2.25. The Balaban J connectivity index is 1.67. The quantitative estimate of drug-likeness (QED) is 0.437. The summed E-state index contributed by atoms with van der Waals surface area (Å²) in [5, 5.41) is 9.98. The third kappa shape index (κ3) is 3.95. The van der Waals surface area contributed by atoms with Crippen LogP contribution in [0.4, 0.5) is 4.39 Å².